The van der Waals surface area contributed by atoms with Crippen molar-refractivity contribution in [3.8, 4) is 11.5 Å². The van der Waals surface area contributed by atoms with Crippen LogP contribution in [0.15, 0.2) is 36.4 Å². The van der Waals surface area contributed by atoms with E-state index in [4.69, 9.17) is 4.74 Å². The number of aryl methyl sites for hydroxylation is 1. The second kappa shape index (κ2) is 5.41. The number of ether oxygens (including phenoxy) is 1. The minimum atomic E-state index is -2.81. The van der Waals surface area contributed by atoms with Gasteiger partial charge in [0.25, 0.3) is 5.92 Å². The van der Waals surface area contributed by atoms with Gasteiger partial charge in [-0.2, -0.15) is 0 Å². The Morgan fingerprint density at radius 3 is 2.72 bits per heavy atom. The summed E-state index contributed by atoms with van der Waals surface area (Å²) in [6.45, 7) is 1.92. The van der Waals surface area contributed by atoms with Crippen LogP contribution in [0.1, 0.15) is 42.4 Å². The third-order valence-corrected chi connectivity index (χ3v) is 5.56. The molecule has 2 atom stereocenters. The van der Waals surface area contributed by atoms with Crippen LogP contribution in [0.4, 0.5) is 13.2 Å². The zero-order valence-corrected chi connectivity index (χ0v) is 13.9. The van der Waals surface area contributed by atoms with Crippen LogP contribution in [0, 0.1) is 12.7 Å². The van der Waals surface area contributed by atoms with Gasteiger partial charge in [-0.1, -0.05) is 18.2 Å². The SMILES string of the molecule is Cc1cccc2c1C1(c3ccc(O)c(F)c3)CCCC(F)(F)CC1O2. The molecule has 0 aromatic heterocycles. The minimum absolute atomic E-state index is 0.198. The molecule has 132 valence electrons. The van der Waals surface area contributed by atoms with Crippen LogP contribution in [0.25, 0.3) is 0 Å². The first-order valence-corrected chi connectivity index (χ1v) is 8.47. The van der Waals surface area contributed by atoms with Crippen LogP contribution >= 0.6 is 0 Å². The second-order valence-electron chi connectivity index (χ2n) is 7.11. The van der Waals surface area contributed by atoms with E-state index in [9.17, 15) is 18.3 Å². The summed E-state index contributed by atoms with van der Waals surface area (Å²) < 4.78 is 48.6. The predicted molar refractivity (Wildman–Crippen MR) is 87.9 cm³/mol. The van der Waals surface area contributed by atoms with E-state index in [1.807, 2.05) is 19.1 Å². The number of halogens is 3. The van der Waals surface area contributed by atoms with Crippen LogP contribution in [-0.2, 0) is 5.41 Å². The van der Waals surface area contributed by atoms with Gasteiger partial charge in [0.15, 0.2) is 11.6 Å². The summed E-state index contributed by atoms with van der Waals surface area (Å²) in [7, 11) is 0. The Balaban J connectivity index is 1.97. The van der Waals surface area contributed by atoms with Crippen LogP contribution < -0.4 is 4.74 Å². The van der Waals surface area contributed by atoms with Crippen LogP contribution in [0.3, 0.4) is 0 Å². The molecule has 2 aliphatic rings. The molecule has 2 unspecified atom stereocenters. The molecule has 1 fully saturated rings. The normalized spacial score (nSPS) is 27.1. The van der Waals surface area contributed by atoms with Gasteiger partial charge in [0.1, 0.15) is 11.9 Å². The Bertz CT molecular complexity index is 834. The summed E-state index contributed by atoms with van der Waals surface area (Å²) in [6.07, 6.45) is -0.580. The number of benzene rings is 2. The molecule has 2 nitrogen and oxygen atoms in total. The monoisotopic (exact) mass is 348 g/mol. The van der Waals surface area contributed by atoms with E-state index < -0.39 is 35.4 Å². The molecule has 1 aliphatic heterocycles. The van der Waals surface area contributed by atoms with Crippen molar-refractivity contribution in [1.82, 2.24) is 0 Å². The molecule has 4 rings (SSSR count). The molecule has 1 N–H and O–H groups in total. The molecule has 0 amide bonds. The smallest absolute Gasteiger partial charge is 0.251 e. The number of aromatic hydroxyl groups is 1. The van der Waals surface area contributed by atoms with E-state index in [-0.39, 0.29) is 6.42 Å². The van der Waals surface area contributed by atoms with E-state index in [0.29, 0.717) is 24.2 Å². The number of alkyl halides is 2. The maximum Gasteiger partial charge on any atom is 0.251 e. The molecule has 1 heterocycles. The van der Waals surface area contributed by atoms with E-state index >= 15 is 0 Å². The molecular formula is C20H19F3O2. The van der Waals surface area contributed by atoms with Gasteiger partial charge in [-0.25, -0.2) is 13.2 Å². The highest BCUT2D eigenvalue weighted by atomic mass is 19.3. The number of hydrogen-bond donors (Lipinski definition) is 1. The number of fused-ring (bicyclic) bond motifs is 3. The van der Waals surface area contributed by atoms with Gasteiger partial charge >= 0.3 is 0 Å². The molecule has 1 aliphatic carbocycles. The largest absolute Gasteiger partial charge is 0.505 e. The highest BCUT2D eigenvalue weighted by molar-refractivity contribution is 5.56. The number of phenolic OH excluding ortho intramolecular Hbond substituents is 1. The van der Waals surface area contributed by atoms with Crippen molar-refractivity contribution in [2.24, 2.45) is 0 Å². The van der Waals surface area contributed by atoms with E-state index in [1.54, 1.807) is 12.1 Å². The Kier molecular flexibility index (Phi) is 3.53. The van der Waals surface area contributed by atoms with Crippen molar-refractivity contribution in [2.45, 2.75) is 50.0 Å². The summed E-state index contributed by atoms with van der Waals surface area (Å²) in [5.74, 6) is -3.41. The summed E-state index contributed by atoms with van der Waals surface area (Å²) in [6, 6.07) is 9.72. The van der Waals surface area contributed by atoms with Gasteiger partial charge in [0.05, 0.1) is 5.41 Å². The Hall–Kier alpha value is -2.17. The topological polar surface area (TPSA) is 29.5 Å². The fourth-order valence-corrected chi connectivity index (χ4v) is 4.49. The summed E-state index contributed by atoms with van der Waals surface area (Å²) in [5.41, 5.74) is 1.56. The molecule has 2 aromatic carbocycles. The van der Waals surface area contributed by atoms with Crippen molar-refractivity contribution < 1.29 is 23.0 Å². The van der Waals surface area contributed by atoms with Crippen molar-refractivity contribution >= 4 is 0 Å². The van der Waals surface area contributed by atoms with Crippen molar-refractivity contribution in [1.29, 1.82) is 0 Å². The van der Waals surface area contributed by atoms with Gasteiger partial charge in [-0.3, -0.25) is 0 Å². The minimum Gasteiger partial charge on any atom is -0.505 e. The fraction of sp³-hybridized carbons (Fsp3) is 0.400. The molecular weight excluding hydrogens is 329 g/mol. The number of hydrogen-bond acceptors (Lipinski definition) is 2. The summed E-state index contributed by atoms with van der Waals surface area (Å²) >= 11 is 0. The van der Waals surface area contributed by atoms with Gasteiger partial charge in [-0.05, 0) is 49.1 Å². The number of rotatable bonds is 1. The Morgan fingerprint density at radius 1 is 1.16 bits per heavy atom. The zero-order valence-electron chi connectivity index (χ0n) is 13.9. The van der Waals surface area contributed by atoms with Gasteiger partial charge in [0, 0.05) is 18.4 Å². The van der Waals surface area contributed by atoms with Gasteiger partial charge in [-0.15, -0.1) is 0 Å². The highest BCUT2D eigenvalue weighted by Gasteiger charge is 2.55. The second-order valence-corrected chi connectivity index (χ2v) is 7.11. The molecule has 0 radical (unpaired) electrons. The van der Waals surface area contributed by atoms with E-state index in [1.165, 1.54) is 12.1 Å². The third-order valence-electron chi connectivity index (χ3n) is 5.56. The summed E-state index contributed by atoms with van der Waals surface area (Å²) in [4.78, 5) is 0. The summed E-state index contributed by atoms with van der Waals surface area (Å²) in [5, 5.41) is 9.54. The lowest BCUT2D eigenvalue weighted by Gasteiger charge is -2.35. The molecule has 0 spiro atoms. The first-order valence-electron chi connectivity index (χ1n) is 8.47. The van der Waals surface area contributed by atoms with Crippen LogP contribution in [0.2, 0.25) is 0 Å². The lowest BCUT2D eigenvalue weighted by atomic mass is 9.67. The standard InChI is InChI=1S/C20H19F3O2/c1-12-4-2-5-16-18(12)20(13-6-7-15(24)14(21)10-13)9-3-8-19(22,23)11-17(20)25-16/h2,4-7,10,17,24H,3,8-9,11H2,1H3. The first-order chi connectivity index (χ1) is 11.8. The van der Waals surface area contributed by atoms with E-state index in [0.717, 1.165) is 11.1 Å². The highest BCUT2D eigenvalue weighted by Crippen LogP contribution is 2.56. The van der Waals surface area contributed by atoms with Crippen molar-refractivity contribution in [3.63, 3.8) is 0 Å². The van der Waals surface area contributed by atoms with Gasteiger partial charge < -0.3 is 9.84 Å². The maximum atomic E-state index is 14.3. The Labute approximate surface area is 144 Å². The predicted octanol–water partition coefficient (Wildman–Crippen LogP) is 5.10. The lowest BCUT2D eigenvalue weighted by molar-refractivity contribution is -0.0402. The molecule has 25 heavy (non-hydrogen) atoms. The zero-order chi connectivity index (χ0) is 17.8. The Morgan fingerprint density at radius 2 is 1.96 bits per heavy atom. The van der Waals surface area contributed by atoms with Gasteiger partial charge in [0.2, 0.25) is 0 Å². The average molecular weight is 348 g/mol. The van der Waals surface area contributed by atoms with Crippen molar-refractivity contribution in [2.75, 3.05) is 0 Å². The molecule has 2 aromatic rings. The van der Waals surface area contributed by atoms with Crippen molar-refractivity contribution in [3.05, 3.63) is 58.9 Å². The van der Waals surface area contributed by atoms with Crippen LogP contribution in [-0.4, -0.2) is 17.1 Å². The average Bonchev–Trinajstić information content (AvgIpc) is 2.77. The number of phenols is 1. The quantitative estimate of drug-likeness (QED) is 0.777. The fourth-order valence-electron chi connectivity index (χ4n) is 4.49. The van der Waals surface area contributed by atoms with Crippen LogP contribution in [0.5, 0.6) is 11.5 Å². The first kappa shape index (κ1) is 16.3. The molecule has 1 saturated carbocycles. The van der Waals surface area contributed by atoms with E-state index in [2.05, 4.69) is 0 Å². The maximum absolute atomic E-state index is 14.3. The lowest BCUT2D eigenvalue weighted by Crippen LogP contribution is -2.41. The molecule has 5 heteroatoms. The molecule has 0 bridgehead atoms. The molecule has 0 saturated heterocycles. The third kappa shape index (κ3) is 2.40.